The number of carbonyl (C=O) groups excluding carboxylic acids is 1. The maximum atomic E-state index is 11.7. The number of hydrogen-bond donors (Lipinski definition) is 2. The molecule has 0 spiro atoms. The smallest absolute Gasteiger partial charge is 0.251 e. The van der Waals surface area contributed by atoms with Gasteiger partial charge in [0.05, 0.1) is 6.61 Å². The zero-order valence-corrected chi connectivity index (χ0v) is 10.1. The molecule has 0 fully saturated rings. The van der Waals surface area contributed by atoms with Crippen molar-refractivity contribution in [3.63, 3.8) is 0 Å². The summed E-state index contributed by atoms with van der Waals surface area (Å²) in [6, 6.07) is 2.94. The van der Waals surface area contributed by atoms with Crippen molar-refractivity contribution < 1.29 is 9.90 Å². The van der Waals surface area contributed by atoms with Gasteiger partial charge in [-0.15, -0.1) is 0 Å². The lowest BCUT2D eigenvalue weighted by atomic mass is 10.2. The highest BCUT2D eigenvalue weighted by Gasteiger charge is 2.11. The first-order valence-corrected chi connectivity index (χ1v) is 5.52. The van der Waals surface area contributed by atoms with Crippen LogP contribution in [-0.2, 0) is 6.42 Å². The van der Waals surface area contributed by atoms with Gasteiger partial charge in [0.2, 0.25) is 0 Å². The second-order valence-electron chi connectivity index (χ2n) is 3.58. The van der Waals surface area contributed by atoms with E-state index in [2.05, 4.69) is 10.3 Å². The molecule has 0 saturated carbocycles. The normalized spacial score (nSPS) is 12.2. The molecule has 0 aliphatic rings. The SMILES string of the molecule is CCc1cc(C(=O)N[C@H](C)CO)cc(Cl)n1. The molecule has 0 unspecified atom stereocenters. The van der Waals surface area contributed by atoms with Gasteiger partial charge < -0.3 is 10.4 Å². The molecule has 0 bridgehead atoms. The molecular weight excluding hydrogens is 228 g/mol. The molecule has 1 aromatic rings. The number of hydrogen-bond acceptors (Lipinski definition) is 3. The molecule has 5 heteroatoms. The Morgan fingerprint density at radius 3 is 2.88 bits per heavy atom. The van der Waals surface area contributed by atoms with E-state index >= 15 is 0 Å². The largest absolute Gasteiger partial charge is 0.394 e. The molecular formula is C11H15ClN2O2. The topological polar surface area (TPSA) is 62.2 Å². The monoisotopic (exact) mass is 242 g/mol. The lowest BCUT2D eigenvalue weighted by Crippen LogP contribution is -2.35. The van der Waals surface area contributed by atoms with E-state index in [1.165, 1.54) is 6.07 Å². The number of nitrogens with zero attached hydrogens (tertiary/aromatic N) is 1. The molecule has 0 aliphatic heterocycles. The summed E-state index contributed by atoms with van der Waals surface area (Å²) in [6.07, 6.45) is 0.719. The number of amides is 1. The standard InChI is InChI=1S/C11H15ClN2O2/c1-3-9-4-8(5-10(12)14-9)11(16)13-7(2)6-15/h4-5,7,15H,3,6H2,1-2H3,(H,13,16)/t7-/m1/s1. The highest BCUT2D eigenvalue weighted by Crippen LogP contribution is 2.11. The highest BCUT2D eigenvalue weighted by molar-refractivity contribution is 6.29. The van der Waals surface area contributed by atoms with Crippen LogP contribution in [0.3, 0.4) is 0 Å². The van der Waals surface area contributed by atoms with Gasteiger partial charge >= 0.3 is 0 Å². The zero-order chi connectivity index (χ0) is 12.1. The van der Waals surface area contributed by atoms with E-state index in [0.717, 1.165) is 12.1 Å². The molecule has 88 valence electrons. The molecule has 1 rings (SSSR count). The minimum absolute atomic E-state index is 0.0921. The number of aliphatic hydroxyl groups is 1. The predicted molar refractivity (Wildman–Crippen MR) is 62.6 cm³/mol. The Balaban J connectivity index is 2.86. The van der Waals surface area contributed by atoms with Crippen molar-refractivity contribution in [2.75, 3.05) is 6.61 Å². The number of pyridine rings is 1. The predicted octanol–water partition coefficient (Wildman–Crippen LogP) is 1.41. The summed E-state index contributed by atoms with van der Waals surface area (Å²) in [5, 5.41) is 11.8. The van der Waals surface area contributed by atoms with Crippen molar-refractivity contribution in [3.05, 3.63) is 28.5 Å². The van der Waals surface area contributed by atoms with Crippen LogP contribution in [0, 0.1) is 0 Å². The Hall–Kier alpha value is -1.13. The lowest BCUT2D eigenvalue weighted by molar-refractivity contribution is 0.0922. The van der Waals surface area contributed by atoms with E-state index in [1.54, 1.807) is 13.0 Å². The summed E-state index contributed by atoms with van der Waals surface area (Å²) >= 11 is 5.80. The third kappa shape index (κ3) is 3.47. The molecule has 1 atom stereocenters. The summed E-state index contributed by atoms with van der Waals surface area (Å²) in [4.78, 5) is 15.8. The number of nitrogens with one attached hydrogen (secondary N) is 1. The van der Waals surface area contributed by atoms with Crippen LogP contribution in [0.15, 0.2) is 12.1 Å². The van der Waals surface area contributed by atoms with Crippen LogP contribution < -0.4 is 5.32 Å². The Morgan fingerprint density at radius 1 is 1.62 bits per heavy atom. The summed E-state index contributed by atoms with van der Waals surface area (Å²) in [6.45, 7) is 3.57. The number of carbonyl (C=O) groups is 1. The van der Waals surface area contributed by atoms with Gasteiger partial charge in [-0.05, 0) is 25.5 Å². The third-order valence-electron chi connectivity index (χ3n) is 2.12. The summed E-state index contributed by atoms with van der Waals surface area (Å²) < 4.78 is 0. The third-order valence-corrected chi connectivity index (χ3v) is 2.32. The minimum Gasteiger partial charge on any atom is -0.394 e. The molecule has 0 aliphatic carbocycles. The van der Waals surface area contributed by atoms with Crippen molar-refractivity contribution in [1.29, 1.82) is 0 Å². The van der Waals surface area contributed by atoms with E-state index < -0.39 is 0 Å². The summed E-state index contributed by atoms with van der Waals surface area (Å²) in [7, 11) is 0. The van der Waals surface area contributed by atoms with Gasteiger partial charge in [0.15, 0.2) is 0 Å². The molecule has 1 amide bonds. The van der Waals surface area contributed by atoms with Crippen molar-refractivity contribution in [3.8, 4) is 0 Å². The second kappa shape index (κ2) is 5.82. The van der Waals surface area contributed by atoms with Crippen LogP contribution in [0.2, 0.25) is 5.15 Å². The van der Waals surface area contributed by atoms with Crippen LogP contribution >= 0.6 is 11.6 Å². The van der Waals surface area contributed by atoms with Gasteiger partial charge in [0.25, 0.3) is 5.91 Å². The van der Waals surface area contributed by atoms with Gasteiger partial charge in [-0.25, -0.2) is 4.98 Å². The van der Waals surface area contributed by atoms with Crippen LogP contribution in [0.25, 0.3) is 0 Å². The van der Waals surface area contributed by atoms with Crippen molar-refractivity contribution in [2.24, 2.45) is 0 Å². The fourth-order valence-electron chi connectivity index (χ4n) is 1.22. The van der Waals surface area contributed by atoms with Crippen LogP contribution in [0.5, 0.6) is 0 Å². The van der Waals surface area contributed by atoms with Crippen LogP contribution in [0.1, 0.15) is 29.9 Å². The van der Waals surface area contributed by atoms with Gasteiger partial charge in [-0.2, -0.15) is 0 Å². The maximum absolute atomic E-state index is 11.7. The van der Waals surface area contributed by atoms with E-state index in [1.807, 2.05) is 6.92 Å². The average Bonchev–Trinajstić information content (AvgIpc) is 2.27. The van der Waals surface area contributed by atoms with Gasteiger partial charge in [0.1, 0.15) is 5.15 Å². The van der Waals surface area contributed by atoms with Crippen molar-refractivity contribution >= 4 is 17.5 Å². The first kappa shape index (κ1) is 12.9. The lowest BCUT2D eigenvalue weighted by Gasteiger charge is -2.11. The van der Waals surface area contributed by atoms with E-state index in [-0.39, 0.29) is 18.6 Å². The maximum Gasteiger partial charge on any atom is 0.251 e. The molecule has 1 heterocycles. The first-order chi connectivity index (χ1) is 7.56. The van der Waals surface area contributed by atoms with Crippen molar-refractivity contribution in [2.45, 2.75) is 26.3 Å². The first-order valence-electron chi connectivity index (χ1n) is 5.15. The molecule has 16 heavy (non-hydrogen) atoms. The van der Waals surface area contributed by atoms with E-state index in [9.17, 15) is 4.79 Å². The van der Waals surface area contributed by atoms with Gasteiger partial charge in [0, 0.05) is 17.3 Å². The quantitative estimate of drug-likeness (QED) is 0.785. The Bertz CT molecular complexity index is 382. The Morgan fingerprint density at radius 2 is 2.31 bits per heavy atom. The number of halogens is 1. The summed E-state index contributed by atoms with van der Waals surface area (Å²) in [5.74, 6) is -0.249. The average molecular weight is 243 g/mol. The molecule has 1 aromatic heterocycles. The number of rotatable bonds is 4. The fourth-order valence-corrected chi connectivity index (χ4v) is 1.44. The minimum atomic E-state index is -0.274. The zero-order valence-electron chi connectivity index (χ0n) is 9.33. The summed E-state index contributed by atoms with van der Waals surface area (Å²) in [5.41, 5.74) is 1.24. The van der Waals surface area contributed by atoms with Gasteiger partial charge in [-0.1, -0.05) is 18.5 Å². The Labute approximate surface area is 99.6 Å². The second-order valence-corrected chi connectivity index (χ2v) is 3.97. The van der Waals surface area contributed by atoms with Crippen LogP contribution in [-0.4, -0.2) is 28.6 Å². The van der Waals surface area contributed by atoms with Crippen LogP contribution in [0.4, 0.5) is 0 Å². The molecule has 0 aromatic carbocycles. The molecule has 4 nitrogen and oxygen atoms in total. The highest BCUT2D eigenvalue weighted by atomic mass is 35.5. The fraction of sp³-hybridized carbons (Fsp3) is 0.455. The van der Waals surface area contributed by atoms with E-state index in [4.69, 9.17) is 16.7 Å². The number of aromatic nitrogens is 1. The molecule has 2 N–H and O–H groups in total. The van der Waals surface area contributed by atoms with Gasteiger partial charge in [-0.3, -0.25) is 4.79 Å². The van der Waals surface area contributed by atoms with Crippen molar-refractivity contribution in [1.82, 2.24) is 10.3 Å². The molecule has 0 saturated heterocycles. The number of aliphatic hydroxyl groups excluding tert-OH is 1. The Kier molecular flexibility index (Phi) is 4.71. The van der Waals surface area contributed by atoms with E-state index in [0.29, 0.717) is 10.7 Å². The molecule has 0 radical (unpaired) electrons. The number of aryl methyl sites for hydroxylation is 1.